The minimum atomic E-state index is -1.06. The van der Waals surface area contributed by atoms with Gasteiger partial charge in [0.05, 0.1) is 6.54 Å². The van der Waals surface area contributed by atoms with Crippen molar-refractivity contribution in [2.45, 2.75) is 13.0 Å². The molecule has 0 amide bonds. The maximum atomic E-state index is 10.1. The molecule has 0 spiro atoms. The SMILES string of the molecule is C[C@@H](NCC(=O)O)C(=O)O.Cl. The van der Waals surface area contributed by atoms with Gasteiger partial charge in [-0.3, -0.25) is 14.9 Å². The van der Waals surface area contributed by atoms with Crippen LogP contribution in [0.15, 0.2) is 0 Å². The first-order valence-electron chi connectivity index (χ1n) is 2.72. The minimum Gasteiger partial charge on any atom is -0.480 e. The van der Waals surface area contributed by atoms with Crippen LogP contribution in [-0.4, -0.2) is 34.7 Å². The van der Waals surface area contributed by atoms with Crippen LogP contribution in [-0.2, 0) is 9.59 Å². The monoisotopic (exact) mass is 183 g/mol. The summed E-state index contributed by atoms with van der Waals surface area (Å²) < 4.78 is 0. The first kappa shape index (κ1) is 12.8. The van der Waals surface area contributed by atoms with E-state index >= 15 is 0 Å². The van der Waals surface area contributed by atoms with E-state index in [0.717, 1.165) is 0 Å². The molecule has 1 atom stereocenters. The van der Waals surface area contributed by atoms with Crippen LogP contribution < -0.4 is 5.32 Å². The molecule has 0 bridgehead atoms. The van der Waals surface area contributed by atoms with Crippen LogP contribution in [0.5, 0.6) is 0 Å². The van der Waals surface area contributed by atoms with E-state index in [1.165, 1.54) is 6.92 Å². The predicted molar refractivity (Wildman–Crippen MR) is 40.0 cm³/mol. The Kier molecular flexibility index (Phi) is 6.92. The summed E-state index contributed by atoms with van der Waals surface area (Å²) in [5.41, 5.74) is 0. The molecular formula is C5H10ClNO4. The van der Waals surface area contributed by atoms with Gasteiger partial charge in [0, 0.05) is 0 Å². The van der Waals surface area contributed by atoms with Gasteiger partial charge in [-0.2, -0.15) is 0 Å². The van der Waals surface area contributed by atoms with Gasteiger partial charge in [-0.1, -0.05) is 0 Å². The number of nitrogens with one attached hydrogen (secondary N) is 1. The van der Waals surface area contributed by atoms with E-state index in [1.54, 1.807) is 0 Å². The summed E-state index contributed by atoms with van der Waals surface area (Å²) in [6.45, 7) is 1.05. The van der Waals surface area contributed by atoms with Crippen molar-refractivity contribution in [3.63, 3.8) is 0 Å². The molecular weight excluding hydrogens is 174 g/mol. The van der Waals surface area contributed by atoms with Crippen LogP contribution in [0.2, 0.25) is 0 Å². The van der Waals surface area contributed by atoms with Crippen LogP contribution in [0.1, 0.15) is 6.92 Å². The van der Waals surface area contributed by atoms with E-state index in [9.17, 15) is 9.59 Å². The van der Waals surface area contributed by atoms with Crippen molar-refractivity contribution in [3.8, 4) is 0 Å². The number of hydrogen-bond donors (Lipinski definition) is 3. The number of halogens is 1. The van der Waals surface area contributed by atoms with Crippen molar-refractivity contribution in [1.29, 1.82) is 0 Å². The lowest BCUT2D eigenvalue weighted by atomic mass is 10.3. The summed E-state index contributed by atoms with van der Waals surface area (Å²) in [6.07, 6.45) is 0. The molecule has 0 aromatic heterocycles. The van der Waals surface area contributed by atoms with Crippen LogP contribution in [0.3, 0.4) is 0 Å². The van der Waals surface area contributed by atoms with Gasteiger partial charge >= 0.3 is 11.9 Å². The van der Waals surface area contributed by atoms with Crippen molar-refractivity contribution in [2.75, 3.05) is 6.54 Å². The van der Waals surface area contributed by atoms with E-state index in [-0.39, 0.29) is 19.0 Å². The Balaban J connectivity index is 0. The Morgan fingerprint density at radius 2 is 1.91 bits per heavy atom. The van der Waals surface area contributed by atoms with Gasteiger partial charge in [0.25, 0.3) is 0 Å². The molecule has 0 aliphatic heterocycles. The first-order valence-corrected chi connectivity index (χ1v) is 2.72. The number of hydrogen-bond acceptors (Lipinski definition) is 3. The highest BCUT2D eigenvalue weighted by atomic mass is 35.5. The highest BCUT2D eigenvalue weighted by molar-refractivity contribution is 5.85. The molecule has 0 aliphatic carbocycles. The molecule has 66 valence electrons. The summed E-state index contributed by atoms with van der Waals surface area (Å²) in [7, 11) is 0. The van der Waals surface area contributed by atoms with E-state index in [4.69, 9.17) is 10.2 Å². The van der Waals surface area contributed by atoms with Crippen LogP contribution in [0.4, 0.5) is 0 Å². The van der Waals surface area contributed by atoms with Gasteiger partial charge < -0.3 is 10.2 Å². The fourth-order valence-electron chi connectivity index (χ4n) is 0.328. The van der Waals surface area contributed by atoms with Crippen molar-refractivity contribution in [1.82, 2.24) is 5.32 Å². The smallest absolute Gasteiger partial charge is 0.320 e. The number of rotatable bonds is 4. The van der Waals surface area contributed by atoms with Crippen molar-refractivity contribution >= 4 is 24.3 Å². The largest absolute Gasteiger partial charge is 0.480 e. The number of carboxylic acids is 2. The first-order chi connectivity index (χ1) is 4.54. The van der Waals surface area contributed by atoms with Gasteiger partial charge in [-0.05, 0) is 6.92 Å². The summed E-state index contributed by atoms with van der Waals surface area (Å²) in [5.74, 6) is -2.12. The molecule has 5 nitrogen and oxygen atoms in total. The zero-order valence-electron chi connectivity index (χ0n) is 5.90. The molecule has 11 heavy (non-hydrogen) atoms. The summed E-state index contributed by atoms with van der Waals surface area (Å²) >= 11 is 0. The lowest BCUT2D eigenvalue weighted by Crippen LogP contribution is -2.37. The Hall–Kier alpha value is -0.810. The third-order valence-corrected chi connectivity index (χ3v) is 0.930. The Morgan fingerprint density at radius 1 is 1.45 bits per heavy atom. The predicted octanol–water partition coefficient (Wildman–Crippen LogP) is -0.444. The second-order valence-corrected chi connectivity index (χ2v) is 1.83. The third kappa shape index (κ3) is 7.08. The average Bonchev–Trinajstić information content (AvgIpc) is 1.82. The van der Waals surface area contributed by atoms with E-state index < -0.39 is 18.0 Å². The molecule has 0 aromatic rings. The zero-order valence-corrected chi connectivity index (χ0v) is 6.72. The van der Waals surface area contributed by atoms with E-state index in [2.05, 4.69) is 5.32 Å². The molecule has 6 heteroatoms. The van der Waals surface area contributed by atoms with Gasteiger partial charge in [-0.25, -0.2) is 0 Å². The van der Waals surface area contributed by atoms with E-state index in [1.807, 2.05) is 0 Å². The molecule has 0 saturated carbocycles. The molecule has 3 N–H and O–H groups in total. The Morgan fingerprint density at radius 3 is 2.18 bits per heavy atom. The van der Waals surface area contributed by atoms with Crippen molar-refractivity contribution in [3.05, 3.63) is 0 Å². The number of aliphatic carboxylic acids is 2. The summed E-state index contributed by atoms with van der Waals surface area (Å²) in [4.78, 5) is 19.9. The number of carboxylic acid groups (broad SMARTS) is 2. The molecule has 0 aromatic carbocycles. The maximum absolute atomic E-state index is 10.1. The molecule has 0 heterocycles. The van der Waals surface area contributed by atoms with Crippen LogP contribution in [0.25, 0.3) is 0 Å². The van der Waals surface area contributed by atoms with E-state index in [0.29, 0.717) is 0 Å². The Bertz CT molecular complexity index is 149. The van der Waals surface area contributed by atoms with Crippen LogP contribution >= 0.6 is 12.4 Å². The standard InChI is InChI=1S/C5H9NO4.ClH/c1-3(5(9)10)6-2-4(7)8;/h3,6H,2H2,1H3,(H,7,8)(H,9,10);1H/t3-;/m1./s1. The highest BCUT2D eigenvalue weighted by Crippen LogP contribution is 1.78. The fourth-order valence-corrected chi connectivity index (χ4v) is 0.328. The van der Waals surface area contributed by atoms with Crippen molar-refractivity contribution < 1.29 is 19.8 Å². The lowest BCUT2D eigenvalue weighted by Gasteiger charge is -2.04. The van der Waals surface area contributed by atoms with Gasteiger partial charge in [0.15, 0.2) is 0 Å². The second kappa shape index (κ2) is 5.94. The highest BCUT2D eigenvalue weighted by Gasteiger charge is 2.10. The average molecular weight is 184 g/mol. The molecule has 0 unspecified atom stereocenters. The summed E-state index contributed by atoms with van der Waals surface area (Å²) in [6, 6.07) is -0.809. The third-order valence-electron chi connectivity index (χ3n) is 0.930. The molecule has 0 aliphatic rings. The maximum Gasteiger partial charge on any atom is 0.320 e. The van der Waals surface area contributed by atoms with Crippen molar-refractivity contribution in [2.24, 2.45) is 0 Å². The fraction of sp³-hybridized carbons (Fsp3) is 0.600. The second-order valence-electron chi connectivity index (χ2n) is 1.83. The molecule has 0 saturated heterocycles. The lowest BCUT2D eigenvalue weighted by molar-refractivity contribution is -0.139. The van der Waals surface area contributed by atoms with Gasteiger partial charge in [0.1, 0.15) is 6.04 Å². The summed E-state index contributed by atoms with van der Waals surface area (Å²) in [5, 5.41) is 18.6. The number of carbonyl (C=O) groups is 2. The molecule has 0 radical (unpaired) electrons. The quantitative estimate of drug-likeness (QED) is 0.550. The van der Waals surface area contributed by atoms with Gasteiger partial charge in [-0.15, -0.1) is 12.4 Å². The molecule has 0 fully saturated rings. The topological polar surface area (TPSA) is 86.6 Å². The van der Waals surface area contributed by atoms with Crippen LogP contribution in [0, 0.1) is 0 Å². The molecule has 0 rings (SSSR count). The normalized spacial score (nSPS) is 11.4. The Labute approximate surface area is 69.8 Å². The van der Waals surface area contributed by atoms with Gasteiger partial charge in [0.2, 0.25) is 0 Å². The minimum absolute atomic E-state index is 0. The zero-order chi connectivity index (χ0) is 8.15.